The molecular weight excluding hydrogens is 301 g/mol. The Kier molecular flexibility index (Phi) is 3.88. The monoisotopic (exact) mass is 309 g/mol. The lowest BCUT2D eigenvalue weighted by molar-refractivity contribution is 0.262. The number of carbonyl (C=O) groups is 1. The van der Waals surface area contributed by atoms with Gasteiger partial charge in [-0.05, 0) is 24.3 Å². The van der Waals surface area contributed by atoms with E-state index in [2.05, 4.69) is 31.5 Å². The minimum atomic E-state index is -0.550. The average molecular weight is 310 g/mol. The summed E-state index contributed by atoms with van der Waals surface area (Å²) in [6.45, 7) is 0. The maximum absolute atomic E-state index is 13.3. The molecule has 0 atom stereocenters. The van der Waals surface area contributed by atoms with Gasteiger partial charge in [0.25, 0.3) is 0 Å². The van der Waals surface area contributed by atoms with E-state index in [9.17, 15) is 9.18 Å². The predicted molar refractivity (Wildman–Crippen MR) is 71.0 cm³/mol. The third-order valence-electron chi connectivity index (χ3n) is 2.09. The van der Waals surface area contributed by atoms with Crippen LogP contribution in [-0.4, -0.2) is 11.0 Å². The summed E-state index contributed by atoms with van der Waals surface area (Å²) < 4.78 is 14.1. The molecule has 0 radical (unpaired) electrons. The van der Waals surface area contributed by atoms with Gasteiger partial charge in [-0.25, -0.2) is 14.2 Å². The highest BCUT2D eigenvalue weighted by Gasteiger charge is 2.06. The lowest BCUT2D eigenvalue weighted by Crippen LogP contribution is -2.20. The zero-order chi connectivity index (χ0) is 13.0. The molecule has 0 saturated heterocycles. The van der Waals surface area contributed by atoms with Crippen LogP contribution in [0.15, 0.2) is 47.1 Å². The van der Waals surface area contributed by atoms with Gasteiger partial charge in [0.2, 0.25) is 0 Å². The van der Waals surface area contributed by atoms with E-state index in [-0.39, 0.29) is 5.69 Å². The highest BCUT2D eigenvalue weighted by Crippen LogP contribution is 2.15. The van der Waals surface area contributed by atoms with Gasteiger partial charge in [-0.2, -0.15) is 0 Å². The minimum absolute atomic E-state index is 0.116. The number of urea groups is 1. The Balaban J connectivity index is 2.03. The van der Waals surface area contributed by atoms with Gasteiger partial charge in [0.05, 0.1) is 5.69 Å². The molecule has 18 heavy (non-hydrogen) atoms. The molecule has 2 aromatic rings. The highest BCUT2D eigenvalue weighted by molar-refractivity contribution is 9.10. The number of pyridine rings is 1. The molecule has 1 heterocycles. The molecule has 6 heteroatoms. The van der Waals surface area contributed by atoms with Gasteiger partial charge in [0.1, 0.15) is 11.6 Å². The summed E-state index contributed by atoms with van der Waals surface area (Å²) in [5.41, 5.74) is 0.116. The summed E-state index contributed by atoms with van der Waals surface area (Å²) in [5, 5.41) is 4.90. The molecule has 0 saturated carbocycles. The number of hydrogen-bond acceptors (Lipinski definition) is 2. The molecule has 0 bridgehead atoms. The first-order valence-electron chi connectivity index (χ1n) is 5.09. The van der Waals surface area contributed by atoms with E-state index < -0.39 is 11.8 Å². The second-order valence-corrected chi connectivity index (χ2v) is 4.33. The topological polar surface area (TPSA) is 54.0 Å². The van der Waals surface area contributed by atoms with E-state index in [1.54, 1.807) is 30.5 Å². The molecule has 0 unspecified atom stereocenters. The molecule has 0 aliphatic heterocycles. The van der Waals surface area contributed by atoms with Crippen molar-refractivity contribution in [2.75, 3.05) is 10.6 Å². The standard InChI is InChI=1S/C12H9BrFN3O/c13-8-5-6-15-11(7-8)17-12(18)16-10-4-2-1-3-9(10)14/h1-7H,(H2,15,16,17,18). The van der Waals surface area contributed by atoms with Crippen LogP contribution in [0, 0.1) is 5.82 Å². The number of nitrogens with one attached hydrogen (secondary N) is 2. The number of para-hydroxylation sites is 1. The first-order chi connectivity index (χ1) is 8.65. The molecule has 0 fully saturated rings. The zero-order valence-electron chi connectivity index (χ0n) is 9.15. The fraction of sp³-hybridized carbons (Fsp3) is 0. The molecule has 2 N–H and O–H groups in total. The summed E-state index contributed by atoms with van der Waals surface area (Å²) in [5.74, 6) is -0.118. The van der Waals surface area contributed by atoms with Crippen molar-refractivity contribution in [3.63, 3.8) is 0 Å². The van der Waals surface area contributed by atoms with Crippen molar-refractivity contribution in [2.45, 2.75) is 0 Å². The highest BCUT2D eigenvalue weighted by atomic mass is 79.9. The second-order valence-electron chi connectivity index (χ2n) is 3.42. The van der Waals surface area contributed by atoms with Gasteiger partial charge >= 0.3 is 6.03 Å². The molecular formula is C12H9BrFN3O. The van der Waals surface area contributed by atoms with Gasteiger partial charge in [-0.3, -0.25) is 5.32 Å². The third-order valence-corrected chi connectivity index (χ3v) is 2.58. The van der Waals surface area contributed by atoms with Gasteiger partial charge in [-0.15, -0.1) is 0 Å². The fourth-order valence-corrected chi connectivity index (χ4v) is 1.64. The molecule has 2 rings (SSSR count). The van der Waals surface area contributed by atoms with Crippen molar-refractivity contribution in [1.29, 1.82) is 0 Å². The van der Waals surface area contributed by atoms with Gasteiger partial charge in [-0.1, -0.05) is 28.1 Å². The van der Waals surface area contributed by atoms with E-state index >= 15 is 0 Å². The number of anilines is 2. The molecule has 1 aromatic heterocycles. The van der Waals surface area contributed by atoms with Crippen molar-refractivity contribution in [2.24, 2.45) is 0 Å². The molecule has 92 valence electrons. The Hall–Kier alpha value is -1.95. The number of hydrogen-bond donors (Lipinski definition) is 2. The number of nitrogens with zero attached hydrogens (tertiary/aromatic N) is 1. The van der Waals surface area contributed by atoms with Crippen molar-refractivity contribution in [3.8, 4) is 0 Å². The summed E-state index contributed by atoms with van der Waals surface area (Å²) in [6.07, 6.45) is 1.54. The van der Waals surface area contributed by atoms with Crippen LogP contribution in [-0.2, 0) is 0 Å². The molecule has 4 nitrogen and oxygen atoms in total. The Morgan fingerprint density at radius 2 is 2.00 bits per heavy atom. The second kappa shape index (κ2) is 5.59. The summed E-state index contributed by atoms with van der Waals surface area (Å²) in [7, 11) is 0. The van der Waals surface area contributed by atoms with Crippen LogP contribution in [0.1, 0.15) is 0 Å². The van der Waals surface area contributed by atoms with Gasteiger partial charge in [0, 0.05) is 10.7 Å². The van der Waals surface area contributed by atoms with E-state index in [0.717, 1.165) is 4.47 Å². The Labute approximate surface area is 111 Å². The predicted octanol–water partition coefficient (Wildman–Crippen LogP) is 3.63. The number of benzene rings is 1. The van der Waals surface area contributed by atoms with Crippen molar-refractivity contribution in [1.82, 2.24) is 4.98 Å². The first kappa shape index (κ1) is 12.5. The summed E-state index contributed by atoms with van der Waals surface area (Å²) in [6, 6.07) is 8.76. The Bertz CT molecular complexity index is 577. The zero-order valence-corrected chi connectivity index (χ0v) is 10.7. The summed E-state index contributed by atoms with van der Waals surface area (Å²) >= 11 is 3.26. The lowest BCUT2D eigenvalue weighted by atomic mass is 10.3. The van der Waals surface area contributed by atoms with Crippen LogP contribution < -0.4 is 10.6 Å². The van der Waals surface area contributed by atoms with Gasteiger partial charge in [0.15, 0.2) is 0 Å². The SMILES string of the molecule is O=C(Nc1cc(Br)ccn1)Nc1ccccc1F. The number of rotatable bonds is 2. The van der Waals surface area contributed by atoms with E-state index in [1.165, 1.54) is 12.1 Å². The van der Waals surface area contributed by atoms with Crippen molar-refractivity contribution in [3.05, 3.63) is 52.9 Å². The van der Waals surface area contributed by atoms with Crippen LogP contribution in [0.2, 0.25) is 0 Å². The Morgan fingerprint density at radius 1 is 1.22 bits per heavy atom. The first-order valence-corrected chi connectivity index (χ1v) is 5.88. The maximum atomic E-state index is 13.3. The van der Waals surface area contributed by atoms with Crippen molar-refractivity contribution < 1.29 is 9.18 Å². The van der Waals surface area contributed by atoms with Crippen LogP contribution in [0.25, 0.3) is 0 Å². The fourth-order valence-electron chi connectivity index (χ4n) is 1.31. The third kappa shape index (κ3) is 3.27. The van der Waals surface area contributed by atoms with E-state index in [0.29, 0.717) is 5.82 Å². The van der Waals surface area contributed by atoms with E-state index in [1.807, 2.05) is 0 Å². The van der Waals surface area contributed by atoms with Crippen LogP contribution in [0.5, 0.6) is 0 Å². The van der Waals surface area contributed by atoms with Gasteiger partial charge < -0.3 is 5.32 Å². The van der Waals surface area contributed by atoms with E-state index in [4.69, 9.17) is 0 Å². The molecule has 0 aliphatic carbocycles. The van der Waals surface area contributed by atoms with Crippen LogP contribution in [0.3, 0.4) is 0 Å². The minimum Gasteiger partial charge on any atom is -0.305 e. The van der Waals surface area contributed by atoms with Crippen LogP contribution in [0.4, 0.5) is 20.7 Å². The molecule has 0 aliphatic rings. The Morgan fingerprint density at radius 3 is 2.72 bits per heavy atom. The number of halogens is 2. The van der Waals surface area contributed by atoms with Crippen LogP contribution >= 0.6 is 15.9 Å². The quantitative estimate of drug-likeness (QED) is 0.890. The summed E-state index contributed by atoms with van der Waals surface area (Å²) in [4.78, 5) is 15.5. The smallest absolute Gasteiger partial charge is 0.305 e. The number of amides is 2. The molecule has 1 aromatic carbocycles. The number of carbonyl (C=O) groups excluding carboxylic acids is 1. The largest absolute Gasteiger partial charge is 0.324 e. The molecule has 2 amide bonds. The molecule has 0 spiro atoms. The normalized spacial score (nSPS) is 9.89. The average Bonchev–Trinajstić information content (AvgIpc) is 2.32. The maximum Gasteiger partial charge on any atom is 0.324 e. The van der Waals surface area contributed by atoms with Crippen molar-refractivity contribution >= 4 is 33.5 Å². The number of aromatic nitrogens is 1. The lowest BCUT2D eigenvalue weighted by Gasteiger charge is -2.07.